The second-order valence-corrected chi connectivity index (χ2v) is 6.02. The summed E-state index contributed by atoms with van der Waals surface area (Å²) in [5, 5.41) is 7.91. The Morgan fingerprint density at radius 2 is 1.59 bits per heavy atom. The fourth-order valence-electron chi connectivity index (χ4n) is 2.15. The van der Waals surface area contributed by atoms with Crippen LogP contribution in [0.1, 0.15) is 24.0 Å². The van der Waals surface area contributed by atoms with Crippen LogP contribution in [0.4, 0.5) is 0 Å². The van der Waals surface area contributed by atoms with E-state index in [1.165, 1.54) is 5.56 Å². The van der Waals surface area contributed by atoms with Crippen LogP contribution in [0, 0.1) is 0 Å². The van der Waals surface area contributed by atoms with Gasteiger partial charge in [0.2, 0.25) is 0 Å². The average Bonchev–Trinajstić information content (AvgIpc) is 2.55. The van der Waals surface area contributed by atoms with E-state index in [1.54, 1.807) is 0 Å². The van der Waals surface area contributed by atoms with Crippen LogP contribution in [0.5, 0.6) is 0 Å². The Morgan fingerprint density at radius 1 is 0.864 bits per heavy atom. The normalized spacial score (nSPS) is 10.2. The van der Waals surface area contributed by atoms with Crippen molar-refractivity contribution >= 4 is 28.9 Å². The molecule has 0 aliphatic carbocycles. The monoisotopic (exact) mass is 332 g/mol. The molecule has 22 heavy (non-hydrogen) atoms. The molecule has 0 heterocycles. The van der Waals surface area contributed by atoms with Crippen molar-refractivity contribution in [1.82, 2.24) is 10.6 Å². The van der Waals surface area contributed by atoms with Crippen LogP contribution in [0.15, 0.2) is 54.6 Å². The minimum Gasteiger partial charge on any atom is -0.363 e. The first-order valence-electron chi connectivity index (χ1n) is 7.54. The maximum Gasteiger partial charge on any atom is 0.166 e. The summed E-state index contributed by atoms with van der Waals surface area (Å²) in [4.78, 5) is 0. The minimum absolute atomic E-state index is 0.703. The van der Waals surface area contributed by atoms with Crippen LogP contribution in [0.3, 0.4) is 0 Å². The molecule has 2 aromatic rings. The van der Waals surface area contributed by atoms with Crippen molar-refractivity contribution < 1.29 is 0 Å². The maximum atomic E-state index is 5.86. The van der Waals surface area contributed by atoms with E-state index in [-0.39, 0.29) is 0 Å². The number of halogens is 1. The number of rotatable bonds is 7. The van der Waals surface area contributed by atoms with E-state index in [0.717, 1.165) is 36.4 Å². The van der Waals surface area contributed by atoms with Gasteiger partial charge < -0.3 is 10.6 Å². The van der Waals surface area contributed by atoms with E-state index in [0.29, 0.717) is 11.7 Å². The third-order valence-electron chi connectivity index (χ3n) is 3.39. The third-order valence-corrected chi connectivity index (χ3v) is 3.93. The van der Waals surface area contributed by atoms with Crippen LogP contribution >= 0.6 is 23.8 Å². The van der Waals surface area contributed by atoms with Crippen LogP contribution in [0.2, 0.25) is 5.02 Å². The Balaban J connectivity index is 1.55. The summed E-state index contributed by atoms with van der Waals surface area (Å²) in [6.07, 6.45) is 3.39. The molecule has 2 rings (SSSR count). The van der Waals surface area contributed by atoms with Gasteiger partial charge in [-0.1, -0.05) is 54.1 Å². The Kier molecular flexibility index (Phi) is 7.20. The number of hydrogen-bond acceptors (Lipinski definition) is 1. The summed E-state index contributed by atoms with van der Waals surface area (Å²) >= 11 is 11.1. The molecule has 2 aromatic carbocycles. The van der Waals surface area contributed by atoms with Crippen molar-refractivity contribution in [2.24, 2.45) is 0 Å². The van der Waals surface area contributed by atoms with Crippen LogP contribution < -0.4 is 10.6 Å². The molecule has 0 aliphatic heterocycles. The molecule has 0 spiro atoms. The number of unbranched alkanes of at least 4 members (excludes halogenated alkanes) is 1. The highest BCUT2D eigenvalue weighted by atomic mass is 35.5. The predicted octanol–water partition coefficient (Wildman–Crippen LogP) is 4.33. The molecule has 0 atom stereocenters. The van der Waals surface area contributed by atoms with Crippen LogP contribution in [-0.4, -0.2) is 11.7 Å². The first-order chi connectivity index (χ1) is 10.7. The summed E-state index contributed by atoms with van der Waals surface area (Å²) in [7, 11) is 0. The zero-order chi connectivity index (χ0) is 15.6. The quantitative estimate of drug-likeness (QED) is 0.583. The summed E-state index contributed by atoms with van der Waals surface area (Å²) in [5.74, 6) is 0. The van der Waals surface area contributed by atoms with E-state index in [1.807, 2.05) is 24.3 Å². The molecule has 0 aliphatic rings. The number of aryl methyl sites for hydroxylation is 1. The number of hydrogen-bond donors (Lipinski definition) is 2. The fraction of sp³-hybridized carbons (Fsp3) is 0.278. The fourth-order valence-corrected chi connectivity index (χ4v) is 2.45. The standard InChI is InChI=1S/C18H21ClN2S/c19-17-11-9-16(10-12-17)14-21-18(22)20-13-5-4-8-15-6-2-1-3-7-15/h1-3,6-7,9-12H,4-5,8,13-14H2,(H2,20,21,22). The van der Waals surface area contributed by atoms with Crippen LogP contribution in [0.25, 0.3) is 0 Å². The number of benzene rings is 2. The van der Waals surface area contributed by atoms with Crippen molar-refractivity contribution in [3.05, 3.63) is 70.7 Å². The topological polar surface area (TPSA) is 24.1 Å². The molecule has 2 N–H and O–H groups in total. The van der Waals surface area contributed by atoms with Gasteiger partial charge in [-0.3, -0.25) is 0 Å². The summed E-state index contributed by atoms with van der Waals surface area (Å²) < 4.78 is 0. The molecule has 0 bridgehead atoms. The Labute approximate surface area is 142 Å². The molecule has 0 amide bonds. The van der Waals surface area contributed by atoms with Crippen molar-refractivity contribution in [2.45, 2.75) is 25.8 Å². The minimum atomic E-state index is 0.703. The first kappa shape index (κ1) is 16.8. The lowest BCUT2D eigenvalue weighted by Crippen LogP contribution is -2.35. The van der Waals surface area contributed by atoms with Crippen molar-refractivity contribution in [1.29, 1.82) is 0 Å². The zero-order valence-electron chi connectivity index (χ0n) is 12.5. The molecule has 0 unspecified atom stereocenters. The van der Waals surface area contributed by atoms with E-state index in [9.17, 15) is 0 Å². The highest BCUT2D eigenvalue weighted by Gasteiger charge is 1.97. The molecule has 0 saturated carbocycles. The van der Waals surface area contributed by atoms with E-state index >= 15 is 0 Å². The van der Waals surface area contributed by atoms with Gasteiger partial charge in [0.05, 0.1) is 0 Å². The lowest BCUT2D eigenvalue weighted by molar-refractivity contribution is 0.700. The summed E-state index contributed by atoms with van der Waals surface area (Å²) in [6, 6.07) is 18.3. The van der Waals surface area contributed by atoms with Gasteiger partial charge in [0, 0.05) is 18.1 Å². The van der Waals surface area contributed by atoms with Gasteiger partial charge in [-0.2, -0.15) is 0 Å². The van der Waals surface area contributed by atoms with Crippen molar-refractivity contribution in [3.8, 4) is 0 Å². The second kappa shape index (κ2) is 9.44. The SMILES string of the molecule is S=C(NCCCCc1ccccc1)NCc1ccc(Cl)cc1. The molecule has 0 radical (unpaired) electrons. The largest absolute Gasteiger partial charge is 0.363 e. The number of thiocarbonyl (C=S) groups is 1. The first-order valence-corrected chi connectivity index (χ1v) is 8.33. The molecule has 0 saturated heterocycles. The lowest BCUT2D eigenvalue weighted by Gasteiger charge is -2.10. The van der Waals surface area contributed by atoms with Crippen LogP contribution in [-0.2, 0) is 13.0 Å². The lowest BCUT2D eigenvalue weighted by atomic mass is 10.1. The molecule has 116 valence electrons. The Hall–Kier alpha value is -1.58. The van der Waals surface area contributed by atoms with E-state index in [2.05, 4.69) is 41.0 Å². The third kappa shape index (κ3) is 6.46. The molecule has 0 aromatic heterocycles. The van der Waals surface area contributed by atoms with Crippen molar-refractivity contribution in [3.63, 3.8) is 0 Å². The molecule has 0 fully saturated rings. The van der Waals surface area contributed by atoms with Gasteiger partial charge in [0.1, 0.15) is 0 Å². The average molecular weight is 333 g/mol. The van der Waals surface area contributed by atoms with Gasteiger partial charge in [-0.05, 0) is 54.7 Å². The highest BCUT2D eigenvalue weighted by molar-refractivity contribution is 7.80. The predicted molar refractivity (Wildman–Crippen MR) is 98.3 cm³/mol. The molecule has 2 nitrogen and oxygen atoms in total. The highest BCUT2D eigenvalue weighted by Crippen LogP contribution is 2.09. The van der Waals surface area contributed by atoms with Gasteiger partial charge in [0.15, 0.2) is 5.11 Å². The number of nitrogens with one attached hydrogen (secondary N) is 2. The summed E-state index contributed by atoms with van der Waals surface area (Å²) in [6.45, 7) is 1.62. The molecular formula is C18H21ClN2S. The van der Waals surface area contributed by atoms with E-state index < -0.39 is 0 Å². The molecular weight excluding hydrogens is 312 g/mol. The van der Waals surface area contributed by atoms with E-state index in [4.69, 9.17) is 23.8 Å². The molecule has 4 heteroatoms. The van der Waals surface area contributed by atoms with Gasteiger partial charge >= 0.3 is 0 Å². The smallest absolute Gasteiger partial charge is 0.166 e. The van der Waals surface area contributed by atoms with Gasteiger partial charge in [0.25, 0.3) is 0 Å². The Bertz CT molecular complexity index is 569. The Morgan fingerprint density at radius 3 is 2.32 bits per heavy atom. The summed E-state index contributed by atoms with van der Waals surface area (Å²) in [5.41, 5.74) is 2.56. The van der Waals surface area contributed by atoms with Crippen molar-refractivity contribution in [2.75, 3.05) is 6.54 Å². The van der Waals surface area contributed by atoms with Gasteiger partial charge in [-0.15, -0.1) is 0 Å². The van der Waals surface area contributed by atoms with Gasteiger partial charge in [-0.25, -0.2) is 0 Å². The maximum absolute atomic E-state index is 5.86. The second-order valence-electron chi connectivity index (χ2n) is 5.18. The zero-order valence-corrected chi connectivity index (χ0v) is 14.1.